The average molecular weight is 298 g/mol. The molecule has 0 spiro atoms. The van der Waals surface area contributed by atoms with E-state index in [4.69, 9.17) is 14.2 Å². The summed E-state index contributed by atoms with van der Waals surface area (Å²) in [5.41, 5.74) is -0.420. The third-order valence-electron chi connectivity index (χ3n) is 3.70. The molecule has 5 nitrogen and oxygen atoms in total. The Morgan fingerprint density at radius 3 is 2.76 bits per heavy atom. The van der Waals surface area contributed by atoms with Crippen LogP contribution in [0.2, 0.25) is 0 Å². The van der Waals surface area contributed by atoms with E-state index in [9.17, 15) is 5.26 Å². The van der Waals surface area contributed by atoms with Gasteiger partial charge in [0, 0.05) is 32.8 Å². The van der Waals surface area contributed by atoms with Crippen LogP contribution in [0.1, 0.15) is 46.0 Å². The Balaban J connectivity index is 2.22. The molecule has 1 aliphatic rings. The standard InChI is InChI=1S/C16H30N2O3/c1-14(2)18-16(13-17)7-4-6-15(12-16)21-11-10-20-9-5-8-19-3/h14-15,18H,4-12H2,1-3H3. The predicted octanol–water partition coefficient (Wildman–Crippen LogP) is 2.26. The fourth-order valence-electron chi connectivity index (χ4n) is 2.87. The summed E-state index contributed by atoms with van der Waals surface area (Å²) in [5.74, 6) is 0. The second-order valence-corrected chi connectivity index (χ2v) is 6.04. The van der Waals surface area contributed by atoms with Gasteiger partial charge in [-0.25, -0.2) is 0 Å². The van der Waals surface area contributed by atoms with E-state index >= 15 is 0 Å². The Morgan fingerprint density at radius 2 is 2.10 bits per heavy atom. The topological polar surface area (TPSA) is 63.5 Å². The summed E-state index contributed by atoms with van der Waals surface area (Å²) in [6, 6.07) is 2.78. The third-order valence-corrected chi connectivity index (χ3v) is 3.70. The lowest BCUT2D eigenvalue weighted by Gasteiger charge is -2.37. The van der Waals surface area contributed by atoms with Gasteiger partial charge in [-0.05, 0) is 39.5 Å². The zero-order valence-corrected chi connectivity index (χ0v) is 13.7. The van der Waals surface area contributed by atoms with Crippen LogP contribution in [-0.4, -0.2) is 51.2 Å². The van der Waals surface area contributed by atoms with Crippen molar-refractivity contribution in [2.45, 2.75) is 63.6 Å². The Labute approximate surface area is 128 Å². The molecule has 1 fully saturated rings. The second-order valence-electron chi connectivity index (χ2n) is 6.04. The highest BCUT2D eigenvalue weighted by Gasteiger charge is 2.37. The molecule has 1 aliphatic carbocycles. The van der Waals surface area contributed by atoms with E-state index in [0.717, 1.165) is 38.7 Å². The van der Waals surface area contributed by atoms with Gasteiger partial charge in [-0.2, -0.15) is 5.26 Å². The summed E-state index contributed by atoms with van der Waals surface area (Å²) < 4.78 is 16.3. The van der Waals surface area contributed by atoms with Crippen molar-refractivity contribution in [3.8, 4) is 6.07 Å². The summed E-state index contributed by atoms with van der Waals surface area (Å²) in [5, 5.41) is 12.9. The summed E-state index contributed by atoms with van der Waals surface area (Å²) in [4.78, 5) is 0. The first-order valence-corrected chi connectivity index (χ1v) is 7.99. The number of nitriles is 1. The van der Waals surface area contributed by atoms with Crippen molar-refractivity contribution < 1.29 is 14.2 Å². The zero-order valence-electron chi connectivity index (χ0n) is 13.7. The van der Waals surface area contributed by atoms with E-state index < -0.39 is 5.54 Å². The van der Waals surface area contributed by atoms with Gasteiger partial charge in [0.15, 0.2) is 0 Å². The normalized spacial score (nSPS) is 26.0. The molecule has 0 saturated heterocycles. The van der Waals surface area contributed by atoms with Crippen LogP contribution in [-0.2, 0) is 14.2 Å². The summed E-state index contributed by atoms with van der Waals surface area (Å²) in [6.45, 7) is 6.81. The molecule has 0 bridgehead atoms. The SMILES string of the molecule is COCCCOCCOC1CCCC(C#N)(NC(C)C)C1. The van der Waals surface area contributed by atoms with Crippen molar-refractivity contribution in [3.63, 3.8) is 0 Å². The molecule has 1 saturated carbocycles. The van der Waals surface area contributed by atoms with E-state index in [0.29, 0.717) is 25.9 Å². The largest absolute Gasteiger partial charge is 0.385 e. The van der Waals surface area contributed by atoms with Crippen molar-refractivity contribution in [3.05, 3.63) is 0 Å². The molecule has 2 atom stereocenters. The molecule has 122 valence electrons. The molecule has 5 heteroatoms. The van der Waals surface area contributed by atoms with Crippen molar-refractivity contribution >= 4 is 0 Å². The highest BCUT2D eigenvalue weighted by Crippen LogP contribution is 2.30. The maximum atomic E-state index is 9.50. The molecule has 21 heavy (non-hydrogen) atoms. The number of nitrogens with zero attached hydrogens (tertiary/aromatic N) is 1. The van der Waals surface area contributed by atoms with Gasteiger partial charge in [-0.3, -0.25) is 5.32 Å². The quantitative estimate of drug-likeness (QED) is 0.627. The van der Waals surface area contributed by atoms with Crippen molar-refractivity contribution in [1.29, 1.82) is 5.26 Å². The average Bonchev–Trinajstić information content (AvgIpc) is 2.46. The van der Waals surface area contributed by atoms with Gasteiger partial charge in [0.2, 0.25) is 0 Å². The lowest BCUT2D eigenvalue weighted by atomic mass is 9.80. The molecule has 0 aliphatic heterocycles. The van der Waals surface area contributed by atoms with Crippen LogP contribution in [0.5, 0.6) is 0 Å². The van der Waals surface area contributed by atoms with E-state index in [1.54, 1.807) is 7.11 Å². The minimum atomic E-state index is -0.420. The second kappa shape index (κ2) is 10.1. The van der Waals surface area contributed by atoms with Crippen molar-refractivity contribution in [2.75, 3.05) is 33.5 Å². The fourth-order valence-corrected chi connectivity index (χ4v) is 2.87. The smallest absolute Gasteiger partial charge is 0.109 e. The summed E-state index contributed by atoms with van der Waals surface area (Å²) in [6.07, 6.45) is 4.82. The predicted molar refractivity (Wildman–Crippen MR) is 82.1 cm³/mol. The van der Waals surface area contributed by atoms with Crippen LogP contribution in [0.3, 0.4) is 0 Å². The number of rotatable bonds is 10. The van der Waals surface area contributed by atoms with Crippen LogP contribution in [0.15, 0.2) is 0 Å². The van der Waals surface area contributed by atoms with Crippen LogP contribution < -0.4 is 5.32 Å². The van der Waals surface area contributed by atoms with Gasteiger partial charge in [0.25, 0.3) is 0 Å². The first kappa shape index (κ1) is 18.4. The molecule has 0 radical (unpaired) electrons. The Bertz CT molecular complexity index is 317. The molecular formula is C16H30N2O3. The molecular weight excluding hydrogens is 268 g/mol. The highest BCUT2D eigenvalue weighted by molar-refractivity contribution is 5.10. The zero-order chi connectivity index (χ0) is 15.6. The fraction of sp³-hybridized carbons (Fsp3) is 0.938. The monoisotopic (exact) mass is 298 g/mol. The molecule has 1 rings (SSSR count). The number of ether oxygens (including phenoxy) is 3. The maximum absolute atomic E-state index is 9.50. The van der Waals surface area contributed by atoms with Crippen molar-refractivity contribution in [1.82, 2.24) is 5.32 Å². The van der Waals surface area contributed by atoms with Crippen LogP contribution >= 0.6 is 0 Å². The minimum Gasteiger partial charge on any atom is -0.385 e. The van der Waals surface area contributed by atoms with Gasteiger partial charge in [-0.15, -0.1) is 0 Å². The van der Waals surface area contributed by atoms with Crippen LogP contribution in [0.25, 0.3) is 0 Å². The molecule has 0 aromatic rings. The molecule has 1 N–H and O–H groups in total. The van der Waals surface area contributed by atoms with Crippen LogP contribution in [0.4, 0.5) is 0 Å². The molecule has 0 aromatic carbocycles. The van der Waals surface area contributed by atoms with E-state index in [1.165, 1.54) is 0 Å². The Morgan fingerprint density at radius 1 is 1.29 bits per heavy atom. The highest BCUT2D eigenvalue weighted by atomic mass is 16.5. The maximum Gasteiger partial charge on any atom is 0.109 e. The van der Waals surface area contributed by atoms with Crippen LogP contribution in [0, 0.1) is 11.3 Å². The Kier molecular flexibility index (Phi) is 8.86. The first-order chi connectivity index (χ1) is 10.1. The minimum absolute atomic E-state index is 0.159. The first-order valence-electron chi connectivity index (χ1n) is 7.99. The van der Waals surface area contributed by atoms with Gasteiger partial charge >= 0.3 is 0 Å². The number of nitrogens with one attached hydrogen (secondary N) is 1. The van der Waals surface area contributed by atoms with Gasteiger partial charge in [0.1, 0.15) is 5.54 Å². The van der Waals surface area contributed by atoms with Gasteiger partial charge < -0.3 is 14.2 Å². The number of hydrogen-bond acceptors (Lipinski definition) is 5. The van der Waals surface area contributed by atoms with E-state index in [-0.39, 0.29) is 6.10 Å². The van der Waals surface area contributed by atoms with Gasteiger partial charge in [0.05, 0.1) is 25.4 Å². The Hall–Kier alpha value is -0.670. The van der Waals surface area contributed by atoms with Gasteiger partial charge in [-0.1, -0.05) is 0 Å². The van der Waals surface area contributed by atoms with E-state index in [2.05, 4.69) is 25.2 Å². The number of hydrogen-bond donors (Lipinski definition) is 1. The lowest BCUT2D eigenvalue weighted by Crippen LogP contribution is -2.52. The number of methoxy groups -OCH3 is 1. The molecule has 0 heterocycles. The summed E-state index contributed by atoms with van der Waals surface area (Å²) >= 11 is 0. The summed E-state index contributed by atoms with van der Waals surface area (Å²) in [7, 11) is 1.69. The molecule has 0 aromatic heterocycles. The third kappa shape index (κ3) is 7.23. The van der Waals surface area contributed by atoms with Crippen molar-refractivity contribution in [2.24, 2.45) is 0 Å². The lowest BCUT2D eigenvalue weighted by molar-refractivity contribution is -0.0247. The molecule has 2 unspecified atom stereocenters. The van der Waals surface area contributed by atoms with E-state index in [1.807, 2.05) is 0 Å². The molecule has 0 amide bonds.